The van der Waals surface area contributed by atoms with Crippen LogP contribution in [-0.4, -0.2) is 22.5 Å². The van der Waals surface area contributed by atoms with Crippen LogP contribution in [-0.2, 0) is 6.42 Å². The second kappa shape index (κ2) is 4.26. The zero-order valence-corrected chi connectivity index (χ0v) is 9.39. The Labute approximate surface area is 95.5 Å². The molecule has 0 amide bonds. The van der Waals surface area contributed by atoms with E-state index in [9.17, 15) is 0 Å². The molecule has 0 unspecified atom stereocenters. The molecule has 3 rings (SSSR count). The number of pyridine rings is 1. The lowest BCUT2D eigenvalue weighted by molar-refractivity contribution is 0.369. The molecular formula is C13H17N3. The number of nitrogens with one attached hydrogen (secondary N) is 1. The first kappa shape index (κ1) is 9.85. The summed E-state index contributed by atoms with van der Waals surface area (Å²) in [7, 11) is 0. The average molecular weight is 215 g/mol. The van der Waals surface area contributed by atoms with Crippen LogP contribution in [0.5, 0.6) is 0 Å². The third-order valence-electron chi connectivity index (χ3n) is 3.45. The van der Waals surface area contributed by atoms with Crippen LogP contribution in [0.25, 0.3) is 5.65 Å². The molecule has 1 saturated heterocycles. The molecule has 0 aromatic carbocycles. The first-order chi connectivity index (χ1) is 7.93. The maximum Gasteiger partial charge on any atom is 0.136 e. The topological polar surface area (TPSA) is 29.3 Å². The van der Waals surface area contributed by atoms with E-state index in [1.165, 1.54) is 31.6 Å². The van der Waals surface area contributed by atoms with Gasteiger partial charge < -0.3 is 9.72 Å². The van der Waals surface area contributed by atoms with Crippen molar-refractivity contribution in [1.82, 2.24) is 14.7 Å². The van der Waals surface area contributed by atoms with E-state index >= 15 is 0 Å². The smallest absolute Gasteiger partial charge is 0.136 e. The fourth-order valence-corrected chi connectivity index (χ4v) is 2.52. The standard InChI is InChI=1S/C13H17N3/c1-2-8-16-12(10-15-13(16)3-1)9-11-4-6-14-7-5-11/h1-3,8,10-11,14H,4-7,9H2. The van der Waals surface area contributed by atoms with Gasteiger partial charge >= 0.3 is 0 Å². The number of aromatic nitrogens is 2. The number of nitrogens with zero attached hydrogens (tertiary/aromatic N) is 2. The Morgan fingerprint density at radius 3 is 3.06 bits per heavy atom. The highest BCUT2D eigenvalue weighted by atomic mass is 15.0. The van der Waals surface area contributed by atoms with Crippen molar-refractivity contribution in [1.29, 1.82) is 0 Å². The van der Waals surface area contributed by atoms with Crippen LogP contribution in [0, 0.1) is 5.92 Å². The lowest BCUT2D eigenvalue weighted by Crippen LogP contribution is -2.28. The zero-order valence-electron chi connectivity index (χ0n) is 9.39. The van der Waals surface area contributed by atoms with Gasteiger partial charge in [0.25, 0.3) is 0 Å². The summed E-state index contributed by atoms with van der Waals surface area (Å²) < 4.78 is 2.21. The summed E-state index contributed by atoms with van der Waals surface area (Å²) >= 11 is 0. The number of rotatable bonds is 2. The molecule has 1 aliphatic heterocycles. The molecule has 0 spiro atoms. The van der Waals surface area contributed by atoms with Gasteiger partial charge in [-0.05, 0) is 50.4 Å². The highest BCUT2D eigenvalue weighted by Crippen LogP contribution is 2.18. The lowest BCUT2D eigenvalue weighted by Gasteiger charge is -2.22. The minimum absolute atomic E-state index is 0.821. The third-order valence-corrected chi connectivity index (χ3v) is 3.45. The molecule has 0 aliphatic carbocycles. The molecule has 3 heteroatoms. The van der Waals surface area contributed by atoms with Crippen LogP contribution in [0.15, 0.2) is 30.6 Å². The summed E-state index contributed by atoms with van der Waals surface area (Å²) in [6.45, 7) is 2.34. The van der Waals surface area contributed by atoms with E-state index in [1.54, 1.807) is 0 Å². The van der Waals surface area contributed by atoms with Gasteiger partial charge in [0.05, 0.1) is 0 Å². The minimum Gasteiger partial charge on any atom is -0.317 e. The largest absolute Gasteiger partial charge is 0.317 e. The Kier molecular flexibility index (Phi) is 2.62. The fourth-order valence-electron chi connectivity index (χ4n) is 2.52. The Morgan fingerprint density at radius 2 is 2.19 bits per heavy atom. The van der Waals surface area contributed by atoms with Gasteiger partial charge in [0.15, 0.2) is 0 Å². The van der Waals surface area contributed by atoms with Crippen molar-refractivity contribution < 1.29 is 0 Å². The zero-order chi connectivity index (χ0) is 10.8. The molecule has 1 aliphatic rings. The van der Waals surface area contributed by atoms with Crippen molar-refractivity contribution in [3.8, 4) is 0 Å². The van der Waals surface area contributed by atoms with Gasteiger partial charge in [-0.25, -0.2) is 4.98 Å². The molecule has 0 atom stereocenters. The van der Waals surface area contributed by atoms with Gasteiger partial charge in [-0.2, -0.15) is 0 Å². The summed E-state index contributed by atoms with van der Waals surface area (Å²) in [6.07, 6.45) is 7.88. The van der Waals surface area contributed by atoms with Crippen LogP contribution >= 0.6 is 0 Å². The molecule has 2 aromatic rings. The summed E-state index contributed by atoms with van der Waals surface area (Å²) in [5.41, 5.74) is 2.41. The summed E-state index contributed by atoms with van der Waals surface area (Å²) in [6, 6.07) is 6.17. The Balaban J connectivity index is 1.83. The van der Waals surface area contributed by atoms with Crippen molar-refractivity contribution in [2.24, 2.45) is 5.92 Å². The summed E-state index contributed by atoms with van der Waals surface area (Å²) in [5.74, 6) is 0.821. The van der Waals surface area contributed by atoms with Crippen LogP contribution in [0.4, 0.5) is 0 Å². The van der Waals surface area contributed by atoms with Crippen molar-refractivity contribution in [3.63, 3.8) is 0 Å². The van der Waals surface area contributed by atoms with Gasteiger partial charge in [-0.3, -0.25) is 0 Å². The van der Waals surface area contributed by atoms with Gasteiger partial charge in [-0.1, -0.05) is 6.07 Å². The molecule has 0 saturated carbocycles. The fraction of sp³-hybridized carbons (Fsp3) is 0.462. The highest BCUT2D eigenvalue weighted by molar-refractivity contribution is 5.39. The van der Waals surface area contributed by atoms with Gasteiger partial charge in [-0.15, -0.1) is 0 Å². The second-order valence-electron chi connectivity index (χ2n) is 4.58. The monoisotopic (exact) mass is 215 g/mol. The molecule has 1 fully saturated rings. The normalized spacial score (nSPS) is 18.0. The van der Waals surface area contributed by atoms with Crippen LogP contribution in [0.1, 0.15) is 18.5 Å². The van der Waals surface area contributed by atoms with Crippen molar-refractivity contribution in [2.45, 2.75) is 19.3 Å². The first-order valence-electron chi connectivity index (χ1n) is 6.05. The molecule has 1 N–H and O–H groups in total. The number of hydrogen-bond acceptors (Lipinski definition) is 2. The van der Waals surface area contributed by atoms with Crippen LogP contribution in [0.2, 0.25) is 0 Å². The average Bonchev–Trinajstić information content (AvgIpc) is 2.74. The van der Waals surface area contributed by atoms with Gasteiger partial charge in [0.1, 0.15) is 5.65 Å². The first-order valence-corrected chi connectivity index (χ1v) is 6.05. The predicted octanol–water partition coefficient (Wildman–Crippen LogP) is 1.88. The summed E-state index contributed by atoms with van der Waals surface area (Å²) in [5, 5.41) is 3.41. The van der Waals surface area contributed by atoms with Crippen molar-refractivity contribution >= 4 is 5.65 Å². The predicted molar refractivity (Wildman–Crippen MR) is 64.5 cm³/mol. The number of piperidine rings is 1. The molecule has 3 heterocycles. The maximum absolute atomic E-state index is 4.43. The van der Waals surface area contributed by atoms with E-state index in [0.29, 0.717) is 0 Å². The Bertz CT molecular complexity index is 469. The van der Waals surface area contributed by atoms with Gasteiger partial charge in [0, 0.05) is 18.1 Å². The maximum atomic E-state index is 4.43. The minimum atomic E-state index is 0.821. The Hall–Kier alpha value is -1.35. The van der Waals surface area contributed by atoms with Crippen LogP contribution < -0.4 is 5.32 Å². The second-order valence-corrected chi connectivity index (χ2v) is 4.58. The summed E-state index contributed by atoms with van der Waals surface area (Å²) in [4.78, 5) is 4.43. The van der Waals surface area contributed by atoms with Crippen molar-refractivity contribution in [2.75, 3.05) is 13.1 Å². The van der Waals surface area contributed by atoms with E-state index in [-0.39, 0.29) is 0 Å². The number of hydrogen-bond donors (Lipinski definition) is 1. The Morgan fingerprint density at radius 1 is 1.31 bits per heavy atom. The van der Waals surface area contributed by atoms with E-state index < -0.39 is 0 Å². The van der Waals surface area contributed by atoms with E-state index in [0.717, 1.165) is 18.0 Å². The highest BCUT2D eigenvalue weighted by Gasteiger charge is 2.15. The van der Waals surface area contributed by atoms with Crippen molar-refractivity contribution in [3.05, 3.63) is 36.3 Å². The van der Waals surface area contributed by atoms with E-state index in [4.69, 9.17) is 0 Å². The molecule has 0 bridgehead atoms. The molecular weight excluding hydrogens is 198 g/mol. The quantitative estimate of drug-likeness (QED) is 0.828. The lowest BCUT2D eigenvalue weighted by atomic mass is 9.93. The van der Waals surface area contributed by atoms with E-state index in [2.05, 4.69) is 33.0 Å². The van der Waals surface area contributed by atoms with Gasteiger partial charge in [0.2, 0.25) is 0 Å². The number of fused-ring (bicyclic) bond motifs is 1. The SMILES string of the molecule is c1ccn2c(CC3CCNCC3)cnc2c1. The number of imidazole rings is 1. The molecule has 16 heavy (non-hydrogen) atoms. The molecule has 0 radical (unpaired) electrons. The molecule has 3 nitrogen and oxygen atoms in total. The molecule has 2 aromatic heterocycles. The molecule has 84 valence electrons. The van der Waals surface area contributed by atoms with Crippen LogP contribution in [0.3, 0.4) is 0 Å². The third kappa shape index (κ3) is 1.83. The van der Waals surface area contributed by atoms with E-state index in [1.807, 2.05) is 12.3 Å².